The Hall–Kier alpha value is -12.5. The predicted molar refractivity (Wildman–Crippen MR) is 495 cm³/mol. The number of hydrogen-bond acceptors (Lipinski definition) is 0. The summed E-state index contributed by atoms with van der Waals surface area (Å²) in [6, 6.07) is 96.9. The average molecular weight is 1500 g/mol. The SMILES string of the molecule is CC(C)(C)c1c(-c2cc(-c3ccccc3)cc(-c3ccccc3)c2)cccc1-c1cc(-c2ccccc2)cc(-c2ccccc2)c1.CC(C)(C)c1cc(-c2ccccc2)cc(-c2ccccc2)c1.[2H]c1c([2H])c([2H])c(-c2cc(-c3c([2H])c([2H])c(C)c([2H])c3[2H])cc(C(C)(C)C)c2)c([2H])c1[2H].[2H]c1c([2H])c([2H])c(-c2cccc(-c3c([2H])c([2H])c([2H])c(C)c3[2H])c2C(C)(C)C)c([2H])c1[2H]. The summed E-state index contributed by atoms with van der Waals surface area (Å²) in [4.78, 5) is 0. The van der Waals surface area contributed by atoms with Crippen LogP contribution in [0.1, 0.15) is 141 Å². The lowest BCUT2D eigenvalue weighted by atomic mass is 9.76. The topological polar surface area (TPSA) is 0 Å². The molecule has 0 aliphatic rings. The summed E-state index contributed by atoms with van der Waals surface area (Å²) < 4.78 is 148. The van der Waals surface area contributed by atoms with Crippen LogP contribution in [0.25, 0.3) is 134 Å². The van der Waals surface area contributed by atoms with Crippen LogP contribution in [-0.4, -0.2) is 0 Å². The highest BCUT2D eigenvalue weighted by Gasteiger charge is 2.27. The first-order valence-electron chi connectivity index (χ1n) is 47.9. The van der Waals surface area contributed by atoms with E-state index < -0.39 is 41.7 Å². The lowest BCUT2D eigenvalue weighted by Crippen LogP contribution is -2.15. The highest BCUT2D eigenvalue weighted by molar-refractivity contribution is 5.90. The van der Waals surface area contributed by atoms with Gasteiger partial charge in [-0.25, -0.2) is 0 Å². The molecule has 16 rings (SSSR count). The van der Waals surface area contributed by atoms with Crippen LogP contribution < -0.4 is 0 Å². The van der Waals surface area contributed by atoms with E-state index in [1.807, 2.05) is 41.5 Å². The van der Waals surface area contributed by atoms with Crippen molar-refractivity contribution >= 4 is 0 Å². The summed E-state index contributed by atoms with van der Waals surface area (Å²) >= 11 is 0. The fourth-order valence-corrected chi connectivity index (χ4v) is 14.2. The maximum absolute atomic E-state index is 8.59. The van der Waals surface area contributed by atoms with Crippen molar-refractivity contribution in [3.8, 4) is 134 Å². The summed E-state index contributed by atoms with van der Waals surface area (Å²) in [5, 5.41) is 0. The van der Waals surface area contributed by atoms with E-state index in [9.17, 15) is 0 Å². The largest absolute Gasteiger partial charge is 0.0632 e. The quantitative estimate of drug-likeness (QED) is 0.114. The van der Waals surface area contributed by atoms with Crippen LogP contribution in [0.4, 0.5) is 0 Å². The average Bonchev–Trinajstić information content (AvgIpc) is 0.733. The van der Waals surface area contributed by atoms with E-state index in [-0.39, 0.29) is 122 Å². The molecule has 0 radical (unpaired) electrons. The van der Waals surface area contributed by atoms with Crippen LogP contribution in [0.2, 0.25) is 0 Å². The van der Waals surface area contributed by atoms with Crippen LogP contribution in [0.5, 0.6) is 0 Å². The summed E-state index contributed by atoms with van der Waals surface area (Å²) in [6.07, 6.45) is 0. The van der Waals surface area contributed by atoms with Gasteiger partial charge in [0.05, 0.1) is 24.7 Å². The van der Waals surface area contributed by atoms with E-state index in [0.717, 1.165) is 5.56 Å². The molecule has 0 bridgehead atoms. The number of benzene rings is 16. The molecule has 0 aliphatic carbocycles. The lowest BCUT2D eigenvalue weighted by Gasteiger charge is -2.28. The molecular weight excluding hydrogens is 1370 g/mol. The molecule has 0 N–H and O–H groups in total. The summed E-state index contributed by atoms with van der Waals surface area (Å²) in [7, 11) is 0. The molecule has 0 amide bonds. The molecule has 0 saturated heterocycles. The van der Waals surface area contributed by atoms with E-state index in [1.54, 1.807) is 43.3 Å². The van der Waals surface area contributed by atoms with Gasteiger partial charge in [0.25, 0.3) is 0 Å². The molecule has 0 aromatic heterocycles. The summed E-state index contributed by atoms with van der Waals surface area (Å²) in [5.74, 6) is 0. The van der Waals surface area contributed by atoms with Crippen LogP contribution in [0.3, 0.4) is 0 Å². The smallest absolute Gasteiger partial charge is 0.0622 e. The Labute approximate surface area is 706 Å². The van der Waals surface area contributed by atoms with Gasteiger partial charge in [-0.3, -0.25) is 0 Å². The van der Waals surface area contributed by atoms with Gasteiger partial charge < -0.3 is 0 Å². The van der Waals surface area contributed by atoms with Crippen LogP contribution in [0, 0.1) is 13.8 Å². The molecule has 564 valence electrons. The molecule has 114 heavy (non-hydrogen) atoms. The minimum Gasteiger partial charge on any atom is -0.0622 e. The molecule has 0 heterocycles. The summed E-state index contributed by atoms with van der Waals surface area (Å²) in [5.41, 5.74) is 25.6. The van der Waals surface area contributed by atoms with Crippen LogP contribution in [0.15, 0.2) is 400 Å². The molecule has 0 spiro atoms. The Kier molecular flexibility index (Phi) is 18.5. The second kappa shape index (κ2) is 35.5. The highest BCUT2D eigenvalue weighted by Crippen LogP contribution is 2.46. The third-order valence-electron chi connectivity index (χ3n) is 20.0. The molecule has 0 heteroatoms. The first-order valence-corrected chi connectivity index (χ1v) is 38.9. The van der Waals surface area contributed by atoms with Crippen molar-refractivity contribution < 1.29 is 24.7 Å². The van der Waals surface area contributed by atoms with Crippen molar-refractivity contribution in [2.45, 2.75) is 119 Å². The number of rotatable bonds is 12. The Morgan fingerprint density at radius 1 is 0.175 bits per heavy atom. The highest BCUT2D eigenvalue weighted by atomic mass is 14.3. The molecule has 0 unspecified atom stereocenters. The molecule has 0 saturated carbocycles. The van der Waals surface area contributed by atoms with Crippen LogP contribution >= 0.6 is 0 Å². The zero-order valence-electron chi connectivity index (χ0n) is 85.7. The van der Waals surface area contributed by atoms with Crippen molar-refractivity contribution in [1.29, 1.82) is 0 Å². The Morgan fingerprint density at radius 3 is 0.719 bits per heavy atom. The van der Waals surface area contributed by atoms with Gasteiger partial charge in [-0.15, -0.1) is 0 Å². The van der Waals surface area contributed by atoms with Crippen molar-refractivity contribution in [3.63, 3.8) is 0 Å². The predicted octanol–water partition coefficient (Wildman–Crippen LogP) is 32.6. The fourth-order valence-electron chi connectivity index (χ4n) is 14.2. The molecule has 0 atom stereocenters. The second-order valence-corrected chi connectivity index (χ2v) is 32.8. The van der Waals surface area contributed by atoms with Crippen molar-refractivity contribution in [1.82, 2.24) is 0 Å². The zero-order valence-corrected chi connectivity index (χ0v) is 67.7. The normalized spacial score (nSPS) is 13.6. The van der Waals surface area contributed by atoms with E-state index in [4.69, 9.17) is 24.7 Å². The Morgan fingerprint density at radius 2 is 0.421 bits per heavy atom. The van der Waals surface area contributed by atoms with Gasteiger partial charge in [0.2, 0.25) is 0 Å². The van der Waals surface area contributed by atoms with E-state index in [2.05, 4.69) is 296 Å². The standard InChI is InChI=1S/C46H38.2C23H24.C22H22/c1-46(2,3)45-43(41-29-37(33-17-8-4-9-18-33)27-38(30-41)34-19-10-5-11-20-34)25-16-26-44(45)42-31-39(35-21-12-6-13-22-35)28-40(32-42)36-23-14-7-15-24-36;1-17-10-8-13-19(16-17)21-15-9-14-20(22(21)23(2,3)4)18-11-6-5-7-12-18;1-17-10-12-19(13-11-17)21-14-20(18-8-6-5-7-9-18)15-22(16-21)23(2,3)4;1-22(2,3)21-15-19(17-10-6-4-7-11-17)14-20(16-21)18-12-8-5-9-13-18/h4-32H,1-3H3;2*5-16H,1-4H3;4-16H,1-3H3/i;5D,6D,7D,8D,10D,11D,12D,13D,16D;5D,6D,7D,8D,9D,10D,11D,12D,13D;. The molecule has 0 fully saturated rings. The first-order chi connectivity index (χ1) is 62.4. The van der Waals surface area contributed by atoms with Gasteiger partial charge in [-0.1, -0.05) is 446 Å². The third-order valence-corrected chi connectivity index (χ3v) is 20.0. The van der Waals surface area contributed by atoms with Crippen LogP contribution in [-0.2, 0) is 21.7 Å². The molecule has 0 aliphatic heterocycles. The van der Waals surface area contributed by atoms with Gasteiger partial charge in [0.15, 0.2) is 0 Å². The Balaban J connectivity index is 0.000000155. The maximum atomic E-state index is 8.59. The van der Waals surface area contributed by atoms with Gasteiger partial charge in [0, 0.05) is 0 Å². The minimum absolute atomic E-state index is 0.0280. The maximum Gasteiger partial charge on any atom is 0.0632 e. The molecule has 16 aromatic rings. The zero-order chi connectivity index (χ0) is 95.7. The van der Waals surface area contributed by atoms with Gasteiger partial charge in [0.1, 0.15) is 0 Å². The molecular formula is C114H108. The molecule has 16 aromatic carbocycles. The monoisotopic (exact) mass is 1490 g/mol. The summed E-state index contributed by atoms with van der Waals surface area (Å²) in [6.45, 7) is 28.5. The minimum atomic E-state index is -0.594. The molecule has 0 nitrogen and oxygen atoms in total. The lowest BCUT2D eigenvalue weighted by molar-refractivity contribution is 0.590. The fraction of sp³-hybridized carbons (Fsp3) is 0.158. The Bertz CT molecular complexity index is 6380. The van der Waals surface area contributed by atoms with Crippen molar-refractivity contribution in [2.24, 2.45) is 0 Å². The van der Waals surface area contributed by atoms with E-state index in [1.165, 1.54) is 107 Å². The van der Waals surface area contributed by atoms with Gasteiger partial charge >= 0.3 is 0 Å². The second-order valence-electron chi connectivity index (χ2n) is 32.8. The van der Waals surface area contributed by atoms with E-state index in [0.29, 0.717) is 27.8 Å². The third kappa shape index (κ3) is 20.0. The van der Waals surface area contributed by atoms with E-state index >= 15 is 0 Å². The van der Waals surface area contributed by atoms with Gasteiger partial charge in [-0.05, 0) is 240 Å². The van der Waals surface area contributed by atoms with Gasteiger partial charge in [-0.2, -0.15) is 0 Å². The van der Waals surface area contributed by atoms with Crippen molar-refractivity contribution in [3.05, 3.63) is 433 Å². The first kappa shape index (κ1) is 59.3. The van der Waals surface area contributed by atoms with Crippen molar-refractivity contribution in [2.75, 3.05) is 0 Å². The number of hydrogen-bond donors (Lipinski definition) is 0.